The number of hydrogen-bond donors (Lipinski definition) is 0. The molecule has 0 amide bonds. The lowest BCUT2D eigenvalue weighted by molar-refractivity contribution is -0.155. The van der Waals surface area contributed by atoms with E-state index in [-0.39, 0.29) is 18.3 Å². The molecule has 4 nitrogen and oxygen atoms in total. The monoisotopic (exact) mass is 471 g/mol. The Hall–Kier alpha value is -2.63. The number of hydrogen-bond acceptors (Lipinski definition) is 4. The first-order valence-electron chi connectivity index (χ1n) is 11.1. The summed E-state index contributed by atoms with van der Waals surface area (Å²) < 4.78 is 25.3. The SMILES string of the molecule is CN(CCOc1ccc(-c2cccc(F)c2)cc1C1=C(Cl)CCC=C1)CC(=O)OC(C)(C)C. The van der Waals surface area contributed by atoms with Gasteiger partial charge in [-0.25, -0.2) is 4.39 Å². The Morgan fingerprint density at radius 3 is 2.61 bits per heavy atom. The number of rotatable bonds is 8. The maximum absolute atomic E-state index is 13.8. The number of ether oxygens (including phenoxy) is 2. The van der Waals surface area contributed by atoms with Crippen molar-refractivity contribution in [1.29, 1.82) is 0 Å². The molecule has 0 atom stereocenters. The Balaban J connectivity index is 1.76. The van der Waals surface area contributed by atoms with Gasteiger partial charge >= 0.3 is 5.97 Å². The number of nitrogens with zero attached hydrogens (tertiary/aromatic N) is 1. The van der Waals surface area contributed by atoms with Gasteiger partial charge in [-0.1, -0.05) is 42.0 Å². The minimum atomic E-state index is -0.507. The molecular weight excluding hydrogens is 441 g/mol. The normalized spacial score (nSPS) is 14.0. The summed E-state index contributed by atoms with van der Waals surface area (Å²) in [5.74, 6) is 0.146. The van der Waals surface area contributed by atoms with Crippen LogP contribution in [0.1, 0.15) is 39.2 Å². The third-order valence-corrected chi connectivity index (χ3v) is 5.48. The van der Waals surface area contributed by atoms with Crippen molar-refractivity contribution in [3.63, 3.8) is 0 Å². The maximum atomic E-state index is 13.8. The molecule has 0 heterocycles. The van der Waals surface area contributed by atoms with Crippen LogP contribution in [0.5, 0.6) is 5.75 Å². The van der Waals surface area contributed by atoms with Gasteiger partial charge < -0.3 is 9.47 Å². The summed E-state index contributed by atoms with van der Waals surface area (Å²) >= 11 is 6.56. The average molecular weight is 472 g/mol. The van der Waals surface area contributed by atoms with Crippen LogP contribution in [0.2, 0.25) is 0 Å². The van der Waals surface area contributed by atoms with Crippen LogP contribution in [0.4, 0.5) is 4.39 Å². The molecule has 0 aliphatic heterocycles. The summed E-state index contributed by atoms with van der Waals surface area (Å²) in [5.41, 5.74) is 2.95. The molecule has 6 heteroatoms. The molecule has 0 saturated carbocycles. The van der Waals surface area contributed by atoms with Crippen LogP contribution in [0.15, 0.2) is 59.6 Å². The Morgan fingerprint density at radius 2 is 1.91 bits per heavy atom. The highest BCUT2D eigenvalue weighted by atomic mass is 35.5. The molecule has 2 aromatic rings. The fourth-order valence-corrected chi connectivity index (χ4v) is 3.84. The first-order valence-corrected chi connectivity index (χ1v) is 11.5. The lowest BCUT2D eigenvalue weighted by Gasteiger charge is -2.23. The van der Waals surface area contributed by atoms with Crippen molar-refractivity contribution < 1.29 is 18.7 Å². The standard InChI is InChI=1S/C27H31ClFNO3/c1-27(2,3)33-26(31)18-30(4)14-15-32-25-13-12-20(19-8-7-9-21(29)16-19)17-23(25)22-10-5-6-11-24(22)28/h5,7-10,12-13,16-17H,6,11,14-15,18H2,1-4H3. The van der Waals surface area contributed by atoms with Gasteiger partial charge in [0.25, 0.3) is 0 Å². The second kappa shape index (κ2) is 11.0. The molecular formula is C27H31ClFNO3. The predicted molar refractivity (Wildman–Crippen MR) is 132 cm³/mol. The third kappa shape index (κ3) is 7.44. The van der Waals surface area contributed by atoms with E-state index in [9.17, 15) is 9.18 Å². The molecule has 3 rings (SSSR count). The van der Waals surface area contributed by atoms with E-state index in [2.05, 4.69) is 6.08 Å². The van der Waals surface area contributed by atoms with E-state index < -0.39 is 5.60 Å². The lowest BCUT2D eigenvalue weighted by Crippen LogP contribution is -2.34. The molecule has 0 bridgehead atoms. The Labute approximate surface area is 200 Å². The van der Waals surface area contributed by atoms with Gasteiger partial charge in [-0.15, -0.1) is 0 Å². The van der Waals surface area contributed by atoms with Crippen molar-refractivity contribution in [2.45, 2.75) is 39.2 Å². The van der Waals surface area contributed by atoms with Crippen LogP contribution in [-0.4, -0.2) is 43.2 Å². The van der Waals surface area contributed by atoms with E-state index in [1.54, 1.807) is 6.07 Å². The van der Waals surface area contributed by atoms with Gasteiger partial charge in [0.2, 0.25) is 0 Å². The molecule has 0 saturated heterocycles. The molecule has 1 aliphatic carbocycles. The summed E-state index contributed by atoms with van der Waals surface area (Å²) in [6.07, 6.45) is 5.78. The van der Waals surface area contributed by atoms with Crippen molar-refractivity contribution in [1.82, 2.24) is 4.90 Å². The lowest BCUT2D eigenvalue weighted by atomic mass is 9.94. The van der Waals surface area contributed by atoms with Crippen LogP contribution in [-0.2, 0) is 9.53 Å². The van der Waals surface area contributed by atoms with Crippen molar-refractivity contribution in [2.75, 3.05) is 26.7 Å². The van der Waals surface area contributed by atoms with Crippen molar-refractivity contribution in [2.24, 2.45) is 0 Å². The molecule has 1 aliphatic rings. The molecule has 0 unspecified atom stereocenters. The highest BCUT2D eigenvalue weighted by molar-refractivity contribution is 6.33. The van der Waals surface area contributed by atoms with Gasteiger partial charge in [0, 0.05) is 17.1 Å². The van der Waals surface area contributed by atoms with Crippen molar-refractivity contribution in [3.8, 4) is 16.9 Å². The average Bonchev–Trinajstić information content (AvgIpc) is 2.73. The summed E-state index contributed by atoms with van der Waals surface area (Å²) in [7, 11) is 1.85. The summed E-state index contributed by atoms with van der Waals surface area (Å²) in [6, 6.07) is 12.3. The highest BCUT2D eigenvalue weighted by Crippen LogP contribution is 2.37. The fourth-order valence-electron chi connectivity index (χ4n) is 3.57. The van der Waals surface area contributed by atoms with Crippen LogP contribution >= 0.6 is 11.6 Å². The third-order valence-electron chi connectivity index (χ3n) is 5.08. The number of carbonyl (C=O) groups excluding carboxylic acids is 1. The van der Waals surface area contributed by atoms with Gasteiger partial charge in [0.1, 0.15) is 23.8 Å². The number of likely N-dealkylation sites (N-methyl/N-ethyl adjacent to an activating group) is 1. The largest absolute Gasteiger partial charge is 0.492 e. The zero-order valence-electron chi connectivity index (χ0n) is 19.7. The maximum Gasteiger partial charge on any atom is 0.320 e. The number of allylic oxidation sites excluding steroid dienone is 4. The number of esters is 1. The van der Waals surface area contributed by atoms with E-state index in [0.717, 1.165) is 40.1 Å². The minimum Gasteiger partial charge on any atom is -0.492 e. The van der Waals surface area contributed by atoms with E-state index >= 15 is 0 Å². The topological polar surface area (TPSA) is 38.8 Å². The van der Waals surface area contributed by atoms with E-state index in [1.165, 1.54) is 12.1 Å². The first-order chi connectivity index (χ1) is 15.6. The molecule has 33 heavy (non-hydrogen) atoms. The second-order valence-electron chi connectivity index (χ2n) is 9.15. The van der Waals surface area contributed by atoms with Crippen LogP contribution in [0.3, 0.4) is 0 Å². The van der Waals surface area contributed by atoms with E-state index in [4.69, 9.17) is 21.1 Å². The van der Waals surface area contributed by atoms with Gasteiger partial charge in [-0.2, -0.15) is 0 Å². The van der Waals surface area contributed by atoms with Crippen LogP contribution < -0.4 is 4.74 Å². The van der Waals surface area contributed by atoms with Crippen LogP contribution in [0, 0.1) is 5.82 Å². The molecule has 0 aromatic heterocycles. The Morgan fingerprint density at radius 1 is 1.15 bits per heavy atom. The quantitative estimate of drug-likeness (QED) is 0.415. The molecule has 0 spiro atoms. The number of halogens is 2. The van der Waals surface area contributed by atoms with Gasteiger partial charge in [-0.05, 0) is 81.6 Å². The smallest absolute Gasteiger partial charge is 0.320 e. The van der Waals surface area contributed by atoms with E-state index in [1.807, 2.05) is 63.1 Å². The first kappa shape index (κ1) is 25.0. The predicted octanol–water partition coefficient (Wildman–Crippen LogP) is 6.44. The molecule has 176 valence electrons. The van der Waals surface area contributed by atoms with Gasteiger partial charge in [-0.3, -0.25) is 9.69 Å². The second-order valence-corrected chi connectivity index (χ2v) is 9.61. The summed E-state index contributed by atoms with van der Waals surface area (Å²) in [4.78, 5) is 13.9. The minimum absolute atomic E-state index is 0.186. The molecule has 0 N–H and O–H groups in total. The van der Waals surface area contributed by atoms with Crippen molar-refractivity contribution >= 4 is 23.1 Å². The highest BCUT2D eigenvalue weighted by Gasteiger charge is 2.18. The van der Waals surface area contributed by atoms with E-state index in [0.29, 0.717) is 18.9 Å². The summed E-state index contributed by atoms with van der Waals surface area (Å²) in [5, 5.41) is 0.779. The zero-order valence-corrected chi connectivity index (χ0v) is 20.4. The Kier molecular flexibility index (Phi) is 8.33. The summed E-state index contributed by atoms with van der Waals surface area (Å²) in [6.45, 7) is 6.67. The van der Waals surface area contributed by atoms with Crippen LogP contribution in [0.25, 0.3) is 16.7 Å². The molecule has 0 fully saturated rings. The van der Waals surface area contributed by atoms with Crippen molar-refractivity contribution in [3.05, 3.63) is 71.0 Å². The molecule has 2 aromatic carbocycles. The number of carbonyl (C=O) groups is 1. The fraction of sp³-hybridized carbons (Fsp3) is 0.370. The Bertz CT molecular complexity index is 1060. The molecule has 0 radical (unpaired) electrons. The van der Waals surface area contributed by atoms with Gasteiger partial charge in [0.05, 0.1) is 6.54 Å². The zero-order chi connectivity index (χ0) is 24.0. The number of benzene rings is 2. The van der Waals surface area contributed by atoms with Gasteiger partial charge in [0.15, 0.2) is 0 Å².